The Labute approximate surface area is 169 Å². The van der Waals surface area contributed by atoms with Gasteiger partial charge in [0.25, 0.3) is 5.72 Å². The van der Waals surface area contributed by atoms with Gasteiger partial charge < -0.3 is 4.84 Å². The summed E-state index contributed by atoms with van der Waals surface area (Å²) < 4.78 is -0.254. The second-order valence-corrected chi connectivity index (χ2v) is 8.49. The van der Waals surface area contributed by atoms with E-state index in [1.54, 1.807) is 22.8 Å². The number of anilines is 1. The van der Waals surface area contributed by atoms with Gasteiger partial charge >= 0.3 is 0 Å². The molecule has 0 radical (unpaired) electrons. The molecule has 0 amide bonds. The second kappa shape index (κ2) is 6.44. The molecule has 2 aliphatic rings. The number of rotatable bonds is 2. The minimum atomic E-state index is -1.05. The Morgan fingerprint density at radius 3 is 2.74 bits per heavy atom. The molecule has 2 aromatic carbocycles. The van der Waals surface area contributed by atoms with Crippen molar-refractivity contribution in [1.29, 1.82) is 0 Å². The molecule has 136 valence electrons. The number of fused-ring (bicyclic) bond motifs is 3. The third-order valence-electron chi connectivity index (χ3n) is 4.50. The zero-order chi connectivity index (χ0) is 18.4. The van der Waals surface area contributed by atoms with Crippen LogP contribution < -0.4 is 4.90 Å². The van der Waals surface area contributed by atoms with E-state index in [1.807, 2.05) is 59.5 Å². The van der Waals surface area contributed by atoms with Gasteiger partial charge in [0.1, 0.15) is 0 Å². The van der Waals surface area contributed by atoms with Crippen molar-refractivity contribution in [2.24, 2.45) is 5.16 Å². The maximum atomic E-state index is 6.63. The third kappa shape index (κ3) is 2.69. The second-order valence-electron chi connectivity index (χ2n) is 6.13. The third-order valence-corrected chi connectivity index (χ3v) is 6.18. The van der Waals surface area contributed by atoms with Crippen LogP contribution in [0.3, 0.4) is 0 Å². The maximum absolute atomic E-state index is 6.63. The van der Waals surface area contributed by atoms with E-state index in [4.69, 9.17) is 28.0 Å². The van der Waals surface area contributed by atoms with Crippen molar-refractivity contribution in [2.45, 2.75) is 21.8 Å². The van der Waals surface area contributed by atoms with E-state index in [0.29, 0.717) is 12.1 Å². The molecule has 0 saturated carbocycles. The van der Waals surface area contributed by atoms with Crippen molar-refractivity contribution in [3.8, 4) is 5.69 Å². The number of aromatic nitrogens is 3. The summed E-state index contributed by atoms with van der Waals surface area (Å²) in [6, 6.07) is 17.6. The van der Waals surface area contributed by atoms with Crippen LogP contribution in [0, 0.1) is 0 Å². The lowest BCUT2D eigenvalue weighted by atomic mass is 10.0. The van der Waals surface area contributed by atoms with E-state index in [-0.39, 0.29) is 10.0 Å². The highest BCUT2D eigenvalue weighted by Gasteiger charge is 2.54. The number of benzene rings is 2. The normalized spacial score (nSPS) is 23.9. The molecule has 0 aliphatic carbocycles. The molecule has 5 rings (SSSR count). The topological polar surface area (TPSA) is 55.5 Å². The first-order valence-electron chi connectivity index (χ1n) is 8.27. The summed E-state index contributed by atoms with van der Waals surface area (Å²) >= 11 is 14.6. The number of halogens is 2. The maximum Gasteiger partial charge on any atom is 0.264 e. The monoisotopic (exact) mass is 417 g/mol. The zero-order valence-corrected chi connectivity index (χ0v) is 16.2. The van der Waals surface area contributed by atoms with Gasteiger partial charge in [-0.25, -0.2) is 0 Å². The van der Waals surface area contributed by atoms with Gasteiger partial charge in [-0.15, -0.1) is 28.5 Å². The Morgan fingerprint density at radius 2 is 1.89 bits per heavy atom. The van der Waals surface area contributed by atoms with E-state index >= 15 is 0 Å². The molecule has 2 atom stereocenters. The van der Waals surface area contributed by atoms with E-state index < -0.39 is 5.72 Å². The van der Waals surface area contributed by atoms with Crippen molar-refractivity contribution in [3.63, 3.8) is 0 Å². The fourth-order valence-corrected chi connectivity index (χ4v) is 5.08. The molecule has 2 unspecified atom stereocenters. The molecule has 3 heterocycles. The Morgan fingerprint density at radius 1 is 1.11 bits per heavy atom. The van der Waals surface area contributed by atoms with Crippen LogP contribution >= 0.6 is 35.0 Å². The van der Waals surface area contributed by atoms with Gasteiger partial charge in [-0.2, -0.15) is 9.90 Å². The molecule has 9 heteroatoms. The summed E-state index contributed by atoms with van der Waals surface area (Å²) in [5, 5.41) is 13.4. The van der Waals surface area contributed by atoms with Gasteiger partial charge in [-0.05, 0) is 35.9 Å². The number of nitrogens with zero attached hydrogens (tertiary/aromatic N) is 5. The van der Waals surface area contributed by atoms with Crippen LogP contribution in [0.4, 0.5) is 5.69 Å². The summed E-state index contributed by atoms with van der Waals surface area (Å²) in [4.78, 5) is 10.3. The van der Waals surface area contributed by atoms with Crippen LogP contribution in [0.5, 0.6) is 0 Å². The molecule has 0 bridgehead atoms. The Bertz CT molecular complexity index is 1030. The summed E-state index contributed by atoms with van der Waals surface area (Å²) in [6.07, 6.45) is 2.11. The van der Waals surface area contributed by atoms with Crippen molar-refractivity contribution < 1.29 is 4.84 Å². The van der Waals surface area contributed by atoms with Crippen molar-refractivity contribution in [1.82, 2.24) is 15.0 Å². The number of alkyl halides is 1. The van der Waals surface area contributed by atoms with Crippen molar-refractivity contribution in [3.05, 3.63) is 66.5 Å². The summed E-state index contributed by atoms with van der Waals surface area (Å²) in [5.41, 5.74) is 1.28. The fourth-order valence-electron chi connectivity index (χ4n) is 3.30. The standard InChI is InChI=1S/C18H13Cl2N5OS/c19-16-10-18(15-11-21-25(22-15)12-6-2-1-3-7-12)24(17(20)23-26-18)13-8-4-5-9-14(13)27-16/h1-9,11,16H,10H2. The quantitative estimate of drug-likeness (QED) is 0.452. The lowest BCUT2D eigenvalue weighted by Gasteiger charge is -2.33. The van der Waals surface area contributed by atoms with Crippen LogP contribution in [0.25, 0.3) is 5.69 Å². The van der Waals surface area contributed by atoms with Crippen LogP contribution in [0.1, 0.15) is 12.1 Å². The number of hydrogen-bond donors (Lipinski definition) is 0. The van der Waals surface area contributed by atoms with E-state index in [0.717, 1.165) is 16.3 Å². The number of thioether (sulfide) groups is 1. The highest BCUT2D eigenvalue weighted by Crippen LogP contribution is 2.51. The van der Waals surface area contributed by atoms with Crippen molar-refractivity contribution in [2.75, 3.05) is 4.90 Å². The predicted molar refractivity (Wildman–Crippen MR) is 106 cm³/mol. The van der Waals surface area contributed by atoms with Gasteiger partial charge in [0.05, 0.1) is 22.3 Å². The first kappa shape index (κ1) is 16.9. The van der Waals surface area contributed by atoms with Crippen LogP contribution in [0.15, 0.2) is 70.8 Å². The first-order valence-corrected chi connectivity index (χ1v) is 9.97. The molecule has 0 spiro atoms. The van der Waals surface area contributed by atoms with Gasteiger partial charge in [0.2, 0.25) is 5.29 Å². The Balaban J connectivity index is 1.65. The van der Waals surface area contributed by atoms with Gasteiger partial charge in [0.15, 0.2) is 5.69 Å². The van der Waals surface area contributed by atoms with Crippen molar-refractivity contribution >= 4 is 45.9 Å². The number of para-hydroxylation sites is 2. The van der Waals surface area contributed by atoms with Gasteiger partial charge in [0, 0.05) is 11.3 Å². The molecule has 1 aromatic heterocycles. The fraction of sp³-hybridized carbons (Fsp3) is 0.167. The first-order chi connectivity index (χ1) is 13.2. The molecule has 2 aliphatic heterocycles. The van der Waals surface area contributed by atoms with E-state index in [2.05, 4.69) is 15.4 Å². The average Bonchev–Trinajstić information content (AvgIpc) is 3.26. The number of amidine groups is 1. The Hall–Kier alpha value is -2.22. The minimum Gasteiger partial charge on any atom is -0.357 e. The van der Waals surface area contributed by atoms with E-state index in [9.17, 15) is 0 Å². The molecular weight excluding hydrogens is 405 g/mol. The van der Waals surface area contributed by atoms with Crippen LogP contribution in [-0.4, -0.2) is 25.0 Å². The summed E-state index contributed by atoms with van der Waals surface area (Å²) in [5.74, 6) is 0. The average molecular weight is 418 g/mol. The molecule has 27 heavy (non-hydrogen) atoms. The number of hydrogen-bond acceptors (Lipinski definition) is 6. The molecular formula is C18H13Cl2N5OS. The van der Waals surface area contributed by atoms with E-state index in [1.165, 1.54) is 0 Å². The van der Waals surface area contributed by atoms with Gasteiger partial charge in [-0.1, -0.05) is 35.5 Å². The van der Waals surface area contributed by atoms with Crippen LogP contribution in [0.2, 0.25) is 0 Å². The molecule has 3 aromatic rings. The SMILES string of the molecule is ClC1=NOC2(c3cnn(-c4ccccc4)n3)CC(Cl)Sc3ccccc3N12. The molecule has 0 N–H and O–H groups in total. The summed E-state index contributed by atoms with van der Waals surface area (Å²) in [6.45, 7) is 0. The molecule has 6 nitrogen and oxygen atoms in total. The molecule has 0 saturated heterocycles. The largest absolute Gasteiger partial charge is 0.357 e. The smallest absolute Gasteiger partial charge is 0.264 e. The zero-order valence-electron chi connectivity index (χ0n) is 13.9. The minimum absolute atomic E-state index is 0.239. The highest BCUT2D eigenvalue weighted by atomic mass is 35.5. The van der Waals surface area contributed by atoms with Gasteiger partial charge in [-0.3, -0.25) is 4.90 Å². The lowest BCUT2D eigenvalue weighted by molar-refractivity contribution is -0.0286. The number of oxime groups is 1. The molecule has 0 fully saturated rings. The predicted octanol–water partition coefficient (Wildman–Crippen LogP) is 4.53. The summed E-state index contributed by atoms with van der Waals surface area (Å²) in [7, 11) is 0. The van der Waals surface area contributed by atoms with Crippen LogP contribution in [-0.2, 0) is 10.6 Å². The Kier molecular flexibility index (Phi) is 4.03. The highest BCUT2D eigenvalue weighted by molar-refractivity contribution is 8.01. The lowest BCUT2D eigenvalue weighted by Crippen LogP contribution is -2.46.